The zero-order chi connectivity index (χ0) is 32.8. The quantitative estimate of drug-likeness (QED) is 0.194. The molecule has 0 aliphatic carbocycles. The van der Waals surface area contributed by atoms with Gasteiger partial charge in [-0.1, -0.05) is 109 Å². The predicted molar refractivity (Wildman–Crippen MR) is 207 cm³/mol. The number of furan rings is 1. The van der Waals surface area contributed by atoms with Gasteiger partial charge in [0.25, 0.3) is 0 Å². The van der Waals surface area contributed by atoms with Crippen molar-refractivity contribution in [1.29, 1.82) is 0 Å². The molecule has 0 bridgehead atoms. The smallest absolute Gasteiger partial charge is 0.161 e. The second-order valence-corrected chi connectivity index (χ2v) is 13.0. The third-order valence-electron chi connectivity index (χ3n) is 10.2. The van der Waals surface area contributed by atoms with Gasteiger partial charge in [0.05, 0.1) is 27.9 Å². The summed E-state index contributed by atoms with van der Waals surface area (Å²) in [5.41, 5.74) is 9.01. The maximum absolute atomic E-state index is 6.29. The first-order valence-electron chi connectivity index (χ1n) is 16.9. The van der Waals surface area contributed by atoms with Gasteiger partial charge in [0, 0.05) is 43.4 Å². The lowest BCUT2D eigenvalue weighted by atomic mass is 10.00. The molecule has 0 amide bonds. The second-order valence-electron chi connectivity index (χ2n) is 13.0. The summed E-state index contributed by atoms with van der Waals surface area (Å²) in [5, 5.41) is 10.4. The molecule has 4 heteroatoms. The van der Waals surface area contributed by atoms with Crippen LogP contribution in [0.1, 0.15) is 0 Å². The maximum atomic E-state index is 6.29. The molecule has 8 aromatic carbocycles. The van der Waals surface area contributed by atoms with Crippen LogP contribution in [0.25, 0.3) is 105 Å². The van der Waals surface area contributed by atoms with Crippen molar-refractivity contribution < 1.29 is 4.42 Å². The van der Waals surface area contributed by atoms with E-state index in [1.54, 1.807) is 0 Å². The van der Waals surface area contributed by atoms with Gasteiger partial charge in [0.1, 0.15) is 11.2 Å². The first kappa shape index (κ1) is 27.2. The monoisotopic (exact) mass is 637 g/mol. The van der Waals surface area contributed by atoms with Crippen LogP contribution >= 0.6 is 0 Å². The molecule has 4 nitrogen and oxygen atoms in total. The number of benzene rings is 8. The Labute approximate surface area is 286 Å². The molecule has 0 unspecified atom stereocenters. The van der Waals surface area contributed by atoms with Gasteiger partial charge in [-0.25, -0.2) is 9.97 Å². The highest BCUT2D eigenvalue weighted by molar-refractivity contribution is 6.15. The zero-order valence-corrected chi connectivity index (χ0v) is 26.8. The van der Waals surface area contributed by atoms with Crippen molar-refractivity contribution in [1.82, 2.24) is 14.5 Å². The molecule has 0 N–H and O–H groups in total. The summed E-state index contributed by atoms with van der Waals surface area (Å²) in [6.07, 6.45) is 0. The summed E-state index contributed by atoms with van der Waals surface area (Å²) in [7, 11) is 0. The Morgan fingerprint density at radius 3 is 1.98 bits per heavy atom. The summed E-state index contributed by atoms with van der Waals surface area (Å²) in [6.45, 7) is 0. The van der Waals surface area contributed by atoms with Crippen molar-refractivity contribution in [2.75, 3.05) is 0 Å². The number of para-hydroxylation sites is 3. The molecule has 0 saturated heterocycles. The van der Waals surface area contributed by atoms with E-state index in [1.165, 1.54) is 32.6 Å². The van der Waals surface area contributed by atoms with E-state index in [9.17, 15) is 0 Å². The van der Waals surface area contributed by atoms with Crippen molar-refractivity contribution >= 4 is 76.2 Å². The van der Waals surface area contributed by atoms with E-state index in [0.717, 1.165) is 66.1 Å². The van der Waals surface area contributed by atoms with Crippen LogP contribution < -0.4 is 0 Å². The fourth-order valence-electron chi connectivity index (χ4n) is 7.88. The van der Waals surface area contributed by atoms with E-state index in [1.807, 2.05) is 30.3 Å². The molecule has 0 atom stereocenters. The Morgan fingerprint density at radius 1 is 0.420 bits per heavy atom. The Balaban J connectivity index is 1.15. The van der Waals surface area contributed by atoms with Gasteiger partial charge in [-0.15, -0.1) is 0 Å². The van der Waals surface area contributed by atoms with E-state index in [2.05, 4.69) is 138 Å². The van der Waals surface area contributed by atoms with Crippen molar-refractivity contribution in [3.8, 4) is 28.3 Å². The topological polar surface area (TPSA) is 43.9 Å². The largest absolute Gasteiger partial charge is 0.456 e. The second kappa shape index (κ2) is 10.4. The van der Waals surface area contributed by atoms with Crippen LogP contribution in [0.4, 0.5) is 0 Å². The van der Waals surface area contributed by atoms with E-state index in [-0.39, 0.29) is 0 Å². The van der Waals surface area contributed by atoms with Crippen molar-refractivity contribution in [3.63, 3.8) is 0 Å². The number of hydrogen-bond acceptors (Lipinski definition) is 3. The Hall–Kier alpha value is -6.78. The lowest BCUT2D eigenvalue weighted by molar-refractivity contribution is 0.669. The normalized spacial score (nSPS) is 12.0. The fraction of sp³-hybridized carbons (Fsp3) is 0. The molecule has 0 radical (unpaired) electrons. The summed E-state index contributed by atoms with van der Waals surface area (Å²) < 4.78 is 8.70. The van der Waals surface area contributed by atoms with Gasteiger partial charge < -0.3 is 8.98 Å². The predicted octanol–water partition coefficient (Wildman–Crippen LogP) is 12.3. The van der Waals surface area contributed by atoms with Gasteiger partial charge in [-0.2, -0.15) is 0 Å². The molecule has 3 aromatic heterocycles. The summed E-state index contributed by atoms with van der Waals surface area (Å²) in [6, 6.07) is 57.9. The highest BCUT2D eigenvalue weighted by Gasteiger charge is 2.19. The van der Waals surface area contributed by atoms with Gasteiger partial charge in [-0.3, -0.25) is 0 Å². The average molecular weight is 638 g/mol. The maximum Gasteiger partial charge on any atom is 0.161 e. The average Bonchev–Trinajstić information content (AvgIpc) is 3.71. The first-order chi connectivity index (χ1) is 24.8. The molecule has 0 spiro atoms. The van der Waals surface area contributed by atoms with E-state index >= 15 is 0 Å². The zero-order valence-electron chi connectivity index (χ0n) is 26.8. The minimum atomic E-state index is 0.694. The summed E-state index contributed by atoms with van der Waals surface area (Å²) >= 11 is 0. The van der Waals surface area contributed by atoms with Crippen LogP contribution in [0.15, 0.2) is 168 Å². The molecule has 11 aromatic rings. The van der Waals surface area contributed by atoms with Crippen LogP contribution in [0.3, 0.4) is 0 Å². The standard InChI is InChI=1S/C46H27N3O/c1-2-12-29-26-42-38(25-28(29)11-1)33-15-6-9-19-40(33)49(42)41-24-23-36(31-13-3-4-14-32(31)41)46-47-39-18-8-5-17-37(39)45(48-46)30-21-22-35-34-16-7-10-20-43(34)50-44(35)27-30/h1-27H. The van der Waals surface area contributed by atoms with Gasteiger partial charge in [0.2, 0.25) is 0 Å². The molecule has 0 fully saturated rings. The highest BCUT2D eigenvalue weighted by Crippen LogP contribution is 2.40. The highest BCUT2D eigenvalue weighted by atomic mass is 16.3. The van der Waals surface area contributed by atoms with E-state index < -0.39 is 0 Å². The molecule has 232 valence electrons. The summed E-state index contributed by atoms with van der Waals surface area (Å²) in [4.78, 5) is 10.5. The molecule has 0 aliphatic heterocycles. The SMILES string of the molecule is c1ccc2cc3c(cc2c1)c1ccccc1n3-c1ccc(-c2nc(-c3ccc4c(c3)oc3ccccc34)c3ccccc3n2)c2ccccc12. The molecular formula is C46H27N3O. The Kier molecular flexibility index (Phi) is 5.63. The van der Waals surface area contributed by atoms with Crippen LogP contribution in [0, 0.1) is 0 Å². The van der Waals surface area contributed by atoms with Gasteiger partial charge in [-0.05, 0) is 70.8 Å². The van der Waals surface area contributed by atoms with Gasteiger partial charge >= 0.3 is 0 Å². The molecule has 0 saturated carbocycles. The van der Waals surface area contributed by atoms with E-state index in [4.69, 9.17) is 14.4 Å². The van der Waals surface area contributed by atoms with Crippen LogP contribution in [-0.2, 0) is 0 Å². The Bertz CT molecular complexity index is 3170. The number of fused-ring (bicyclic) bond motifs is 9. The first-order valence-corrected chi connectivity index (χ1v) is 16.9. The molecule has 11 rings (SSSR count). The minimum absolute atomic E-state index is 0.694. The minimum Gasteiger partial charge on any atom is -0.456 e. The van der Waals surface area contributed by atoms with Crippen LogP contribution in [0.5, 0.6) is 0 Å². The van der Waals surface area contributed by atoms with Gasteiger partial charge in [0.15, 0.2) is 5.82 Å². The van der Waals surface area contributed by atoms with Crippen molar-refractivity contribution in [3.05, 3.63) is 164 Å². The van der Waals surface area contributed by atoms with Crippen molar-refractivity contribution in [2.24, 2.45) is 0 Å². The molecular weight excluding hydrogens is 611 g/mol. The molecule has 0 aliphatic rings. The Morgan fingerprint density at radius 2 is 1.10 bits per heavy atom. The fourth-order valence-corrected chi connectivity index (χ4v) is 7.88. The van der Waals surface area contributed by atoms with Crippen LogP contribution in [0.2, 0.25) is 0 Å². The van der Waals surface area contributed by atoms with E-state index in [0.29, 0.717) is 5.82 Å². The molecule has 50 heavy (non-hydrogen) atoms. The number of nitrogens with zero attached hydrogens (tertiary/aromatic N) is 3. The third-order valence-corrected chi connectivity index (χ3v) is 10.2. The summed E-state index contributed by atoms with van der Waals surface area (Å²) in [5.74, 6) is 0.694. The molecule has 3 heterocycles. The number of aromatic nitrogens is 3. The van der Waals surface area contributed by atoms with Crippen LogP contribution in [-0.4, -0.2) is 14.5 Å². The third kappa shape index (κ3) is 3.93. The lowest BCUT2D eigenvalue weighted by Crippen LogP contribution is -1.99. The van der Waals surface area contributed by atoms with Crippen molar-refractivity contribution in [2.45, 2.75) is 0 Å². The number of rotatable bonds is 3. The lowest BCUT2D eigenvalue weighted by Gasteiger charge is -2.15. The number of hydrogen-bond donors (Lipinski definition) is 0.